The second-order valence-electron chi connectivity index (χ2n) is 5.87. The molecule has 0 radical (unpaired) electrons. The summed E-state index contributed by atoms with van der Waals surface area (Å²) in [5.74, 6) is 0.828. The van der Waals surface area contributed by atoms with Gasteiger partial charge in [-0.25, -0.2) is 0 Å². The van der Waals surface area contributed by atoms with Crippen LogP contribution in [-0.4, -0.2) is 18.8 Å². The van der Waals surface area contributed by atoms with Crippen molar-refractivity contribution < 1.29 is 4.74 Å². The van der Waals surface area contributed by atoms with Gasteiger partial charge in [-0.3, -0.25) is 0 Å². The highest BCUT2D eigenvalue weighted by Gasteiger charge is 2.40. The van der Waals surface area contributed by atoms with Gasteiger partial charge in [0.15, 0.2) is 0 Å². The summed E-state index contributed by atoms with van der Waals surface area (Å²) in [4.78, 5) is 0. The van der Waals surface area contributed by atoms with Crippen LogP contribution in [0, 0.1) is 12.8 Å². The molecule has 2 fully saturated rings. The zero-order valence-electron chi connectivity index (χ0n) is 11.4. The fourth-order valence-corrected chi connectivity index (χ4v) is 3.04. The number of hydrogen-bond donors (Lipinski definition) is 1. The highest BCUT2D eigenvalue weighted by atomic mass is 16.5. The summed E-state index contributed by atoms with van der Waals surface area (Å²) < 4.78 is 5.89. The predicted molar refractivity (Wildman–Crippen MR) is 73.6 cm³/mol. The molecule has 1 aliphatic carbocycles. The van der Waals surface area contributed by atoms with Crippen LogP contribution in [0.5, 0.6) is 0 Å². The Labute approximate surface area is 110 Å². The number of benzene rings is 1. The molecule has 1 aliphatic heterocycles. The molecule has 2 nitrogen and oxygen atoms in total. The van der Waals surface area contributed by atoms with Crippen molar-refractivity contribution in [2.75, 3.05) is 6.61 Å². The van der Waals surface area contributed by atoms with Gasteiger partial charge in [0, 0.05) is 18.7 Å². The maximum atomic E-state index is 5.89. The largest absolute Gasteiger partial charge is 0.376 e. The van der Waals surface area contributed by atoms with Crippen molar-refractivity contribution in [3.05, 3.63) is 35.4 Å². The van der Waals surface area contributed by atoms with Crippen molar-refractivity contribution in [1.29, 1.82) is 0 Å². The molecule has 1 aromatic rings. The van der Waals surface area contributed by atoms with Crippen LogP contribution in [0.4, 0.5) is 0 Å². The number of rotatable bonds is 4. The molecule has 1 N–H and O–H groups in total. The van der Waals surface area contributed by atoms with Gasteiger partial charge in [0.2, 0.25) is 0 Å². The zero-order valence-corrected chi connectivity index (χ0v) is 11.4. The molecule has 3 rings (SSSR count). The fourth-order valence-electron chi connectivity index (χ4n) is 3.04. The van der Waals surface area contributed by atoms with E-state index in [4.69, 9.17) is 4.74 Å². The van der Waals surface area contributed by atoms with Crippen LogP contribution in [0.2, 0.25) is 0 Å². The molecular formula is C16H23NO. The molecule has 2 aliphatic rings. The van der Waals surface area contributed by atoms with Crippen LogP contribution >= 0.6 is 0 Å². The summed E-state index contributed by atoms with van der Waals surface area (Å²) in [7, 11) is 0. The van der Waals surface area contributed by atoms with Crippen LogP contribution in [0.15, 0.2) is 24.3 Å². The fraction of sp³-hybridized carbons (Fsp3) is 0.625. The smallest absolute Gasteiger partial charge is 0.0757 e. The summed E-state index contributed by atoms with van der Waals surface area (Å²) in [6.07, 6.45) is 4.36. The normalized spacial score (nSPS) is 29.4. The molecule has 18 heavy (non-hydrogen) atoms. The lowest BCUT2D eigenvalue weighted by Crippen LogP contribution is -2.39. The quantitative estimate of drug-likeness (QED) is 0.879. The lowest BCUT2D eigenvalue weighted by atomic mass is 10.0. The maximum Gasteiger partial charge on any atom is 0.0757 e. The molecule has 3 unspecified atom stereocenters. The van der Waals surface area contributed by atoms with E-state index in [1.54, 1.807) is 0 Å². The van der Waals surface area contributed by atoms with Gasteiger partial charge >= 0.3 is 0 Å². The number of nitrogens with one attached hydrogen (secondary N) is 1. The first-order valence-corrected chi connectivity index (χ1v) is 7.18. The molecule has 1 aromatic carbocycles. The standard InChI is InChI=1S/C16H23NO/c1-11-4-3-5-14(10-11)12(2)17-15-8-9-18-16(15)13-6-7-13/h3-5,10,12-13,15-17H,6-9H2,1-2H3. The van der Waals surface area contributed by atoms with E-state index in [0.29, 0.717) is 18.2 Å². The first-order chi connectivity index (χ1) is 8.74. The molecule has 98 valence electrons. The van der Waals surface area contributed by atoms with Gasteiger partial charge in [-0.2, -0.15) is 0 Å². The Morgan fingerprint density at radius 2 is 2.11 bits per heavy atom. The van der Waals surface area contributed by atoms with Crippen molar-refractivity contribution in [3.8, 4) is 0 Å². The number of ether oxygens (including phenoxy) is 1. The molecule has 0 bridgehead atoms. The van der Waals surface area contributed by atoms with Gasteiger partial charge in [-0.1, -0.05) is 29.8 Å². The lowest BCUT2D eigenvalue weighted by molar-refractivity contribution is 0.0793. The molecule has 0 spiro atoms. The van der Waals surface area contributed by atoms with Gasteiger partial charge < -0.3 is 10.1 Å². The molecule has 1 saturated carbocycles. The molecule has 1 saturated heterocycles. The summed E-state index contributed by atoms with van der Waals surface area (Å²) in [5.41, 5.74) is 2.72. The minimum absolute atomic E-state index is 0.415. The van der Waals surface area contributed by atoms with Crippen molar-refractivity contribution in [2.45, 2.75) is 51.3 Å². The third-order valence-corrected chi connectivity index (χ3v) is 4.23. The lowest BCUT2D eigenvalue weighted by Gasteiger charge is -2.24. The van der Waals surface area contributed by atoms with E-state index in [2.05, 4.69) is 43.4 Å². The van der Waals surface area contributed by atoms with E-state index in [-0.39, 0.29) is 0 Å². The van der Waals surface area contributed by atoms with Gasteiger partial charge in [-0.05, 0) is 44.6 Å². The Morgan fingerprint density at radius 3 is 2.83 bits per heavy atom. The van der Waals surface area contributed by atoms with Gasteiger partial charge in [0.05, 0.1) is 6.10 Å². The highest BCUT2D eigenvalue weighted by molar-refractivity contribution is 5.24. The SMILES string of the molecule is Cc1cccc(C(C)NC2CCOC2C2CC2)c1. The Morgan fingerprint density at radius 1 is 1.28 bits per heavy atom. The van der Waals surface area contributed by atoms with Crippen LogP contribution < -0.4 is 5.32 Å². The zero-order chi connectivity index (χ0) is 12.5. The van der Waals surface area contributed by atoms with Crippen LogP contribution in [-0.2, 0) is 4.74 Å². The van der Waals surface area contributed by atoms with Crippen LogP contribution in [0.25, 0.3) is 0 Å². The van der Waals surface area contributed by atoms with Crippen molar-refractivity contribution in [3.63, 3.8) is 0 Å². The van der Waals surface area contributed by atoms with Gasteiger partial charge in [0.1, 0.15) is 0 Å². The Hall–Kier alpha value is -0.860. The highest BCUT2D eigenvalue weighted by Crippen LogP contribution is 2.39. The number of hydrogen-bond acceptors (Lipinski definition) is 2. The Kier molecular flexibility index (Phi) is 3.40. The predicted octanol–water partition coefficient (Wildman–Crippen LogP) is 3.21. The maximum absolute atomic E-state index is 5.89. The van der Waals surface area contributed by atoms with Crippen molar-refractivity contribution in [1.82, 2.24) is 5.32 Å². The number of aryl methyl sites for hydroxylation is 1. The van der Waals surface area contributed by atoms with E-state index >= 15 is 0 Å². The molecule has 2 heteroatoms. The Bertz CT molecular complexity index is 413. The topological polar surface area (TPSA) is 21.3 Å². The summed E-state index contributed by atoms with van der Waals surface area (Å²) in [5, 5.41) is 3.77. The average molecular weight is 245 g/mol. The molecule has 0 aromatic heterocycles. The average Bonchev–Trinajstić information content (AvgIpc) is 3.10. The van der Waals surface area contributed by atoms with E-state index in [1.165, 1.54) is 24.0 Å². The van der Waals surface area contributed by atoms with E-state index in [1.807, 2.05) is 0 Å². The monoisotopic (exact) mass is 245 g/mol. The Balaban J connectivity index is 1.64. The van der Waals surface area contributed by atoms with E-state index in [9.17, 15) is 0 Å². The molecule has 0 amide bonds. The molecular weight excluding hydrogens is 222 g/mol. The second kappa shape index (κ2) is 5.02. The van der Waals surface area contributed by atoms with E-state index in [0.717, 1.165) is 18.9 Å². The van der Waals surface area contributed by atoms with Crippen LogP contribution in [0.3, 0.4) is 0 Å². The van der Waals surface area contributed by atoms with Crippen molar-refractivity contribution >= 4 is 0 Å². The molecule has 3 atom stereocenters. The first-order valence-electron chi connectivity index (χ1n) is 7.18. The minimum atomic E-state index is 0.415. The summed E-state index contributed by atoms with van der Waals surface area (Å²) in [6, 6.07) is 9.76. The van der Waals surface area contributed by atoms with Gasteiger partial charge in [-0.15, -0.1) is 0 Å². The molecule has 1 heterocycles. The first kappa shape index (κ1) is 12.2. The third kappa shape index (κ3) is 2.60. The van der Waals surface area contributed by atoms with Gasteiger partial charge in [0.25, 0.3) is 0 Å². The minimum Gasteiger partial charge on any atom is -0.376 e. The summed E-state index contributed by atoms with van der Waals surface area (Å²) >= 11 is 0. The van der Waals surface area contributed by atoms with E-state index < -0.39 is 0 Å². The summed E-state index contributed by atoms with van der Waals surface area (Å²) in [6.45, 7) is 5.35. The van der Waals surface area contributed by atoms with Crippen LogP contribution in [0.1, 0.15) is 43.4 Å². The third-order valence-electron chi connectivity index (χ3n) is 4.23. The second-order valence-corrected chi connectivity index (χ2v) is 5.87. The van der Waals surface area contributed by atoms with Crippen molar-refractivity contribution in [2.24, 2.45) is 5.92 Å².